The van der Waals surface area contributed by atoms with Gasteiger partial charge < -0.3 is 14.0 Å². The molecule has 0 aliphatic carbocycles. The molecule has 2 aromatic rings. The van der Waals surface area contributed by atoms with Crippen LogP contribution in [0.5, 0.6) is 11.5 Å². The monoisotopic (exact) mass is 364 g/mol. The van der Waals surface area contributed by atoms with Gasteiger partial charge in [-0.3, -0.25) is 9.52 Å². The van der Waals surface area contributed by atoms with Gasteiger partial charge in [0.1, 0.15) is 0 Å². The summed E-state index contributed by atoms with van der Waals surface area (Å²) in [6.45, 7) is 3.49. The number of aromatic nitrogens is 1. The molecule has 0 bridgehead atoms. The Labute approximate surface area is 146 Å². The van der Waals surface area contributed by atoms with Gasteiger partial charge in [0.15, 0.2) is 11.5 Å². The maximum atomic E-state index is 12.6. The van der Waals surface area contributed by atoms with E-state index in [1.54, 1.807) is 6.07 Å². The fourth-order valence-electron chi connectivity index (χ4n) is 2.53. The van der Waals surface area contributed by atoms with E-state index in [1.807, 2.05) is 6.92 Å². The first-order valence-electron chi connectivity index (χ1n) is 8.12. The Balaban J connectivity index is 1.88. The maximum Gasteiger partial charge on any atom is 0.262 e. The van der Waals surface area contributed by atoms with Crippen LogP contribution < -0.4 is 19.8 Å². The van der Waals surface area contributed by atoms with Crippen molar-refractivity contribution in [1.29, 1.82) is 0 Å². The van der Waals surface area contributed by atoms with Crippen molar-refractivity contribution in [2.24, 2.45) is 0 Å². The van der Waals surface area contributed by atoms with Gasteiger partial charge in [-0.1, -0.05) is 6.92 Å². The summed E-state index contributed by atoms with van der Waals surface area (Å²) in [5.74, 6) is 0.948. The Kier molecular flexibility index (Phi) is 4.98. The number of nitrogens with one attached hydrogen (secondary N) is 1. The zero-order valence-corrected chi connectivity index (χ0v) is 14.7. The highest BCUT2D eigenvalue weighted by Crippen LogP contribution is 2.32. The van der Waals surface area contributed by atoms with Crippen LogP contribution in [0.4, 0.5) is 5.69 Å². The maximum absolute atomic E-state index is 12.6. The molecule has 0 atom stereocenters. The molecule has 0 amide bonds. The lowest BCUT2D eigenvalue weighted by atomic mass is 10.3. The molecule has 2 heterocycles. The van der Waals surface area contributed by atoms with Crippen LogP contribution >= 0.6 is 0 Å². The fourth-order valence-corrected chi connectivity index (χ4v) is 3.59. The predicted molar refractivity (Wildman–Crippen MR) is 93.9 cm³/mol. The minimum absolute atomic E-state index is 0.0741. The first kappa shape index (κ1) is 17.3. The summed E-state index contributed by atoms with van der Waals surface area (Å²) >= 11 is 0. The Morgan fingerprint density at radius 2 is 1.88 bits per heavy atom. The minimum Gasteiger partial charge on any atom is -0.490 e. The van der Waals surface area contributed by atoms with E-state index in [0.717, 1.165) is 12.8 Å². The van der Waals surface area contributed by atoms with E-state index in [4.69, 9.17) is 9.47 Å². The van der Waals surface area contributed by atoms with Crippen molar-refractivity contribution in [2.45, 2.75) is 31.2 Å². The molecule has 1 N–H and O–H groups in total. The normalized spacial score (nSPS) is 14.0. The topological polar surface area (TPSA) is 86.6 Å². The first-order chi connectivity index (χ1) is 12.0. The molecule has 0 saturated heterocycles. The number of sulfonamides is 1. The Hall–Kier alpha value is -2.48. The van der Waals surface area contributed by atoms with Gasteiger partial charge in [-0.25, -0.2) is 8.42 Å². The summed E-state index contributed by atoms with van der Waals surface area (Å²) in [6, 6.07) is 7.31. The highest BCUT2D eigenvalue weighted by molar-refractivity contribution is 7.92. The van der Waals surface area contributed by atoms with Crippen molar-refractivity contribution in [3.05, 3.63) is 46.9 Å². The number of hydrogen-bond donors (Lipinski definition) is 1. The fraction of sp³-hybridized carbons (Fsp3) is 0.353. The van der Waals surface area contributed by atoms with Gasteiger partial charge in [0.25, 0.3) is 15.6 Å². The number of fused-ring (bicyclic) bond motifs is 1. The van der Waals surface area contributed by atoms with E-state index in [2.05, 4.69) is 4.72 Å². The summed E-state index contributed by atoms with van der Waals surface area (Å²) in [7, 11) is -3.80. The summed E-state index contributed by atoms with van der Waals surface area (Å²) in [5, 5.41) is 0. The molecule has 0 fully saturated rings. The van der Waals surface area contributed by atoms with Gasteiger partial charge in [-0.15, -0.1) is 0 Å². The molecule has 25 heavy (non-hydrogen) atoms. The molecule has 0 spiro atoms. The third kappa shape index (κ3) is 3.96. The van der Waals surface area contributed by atoms with Crippen LogP contribution in [0, 0.1) is 0 Å². The molecule has 134 valence electrons. The molecular weight excluding hydrogens is 344 g/mol. The molecular formula is C17H20N2O5S. The number of anilines is 1. The van der Waals surface area contributed by atoms with Crippen LogP contribution in [0.15, 0.2) is 46.2 Å². The average molecular weight is 364 g/mol. The quantitative estimate of drug-likeness (QED) is 0.879. The second kappa shape index (κ2) is 7.18. The molecule has 0 saturated carbocycles. The second-order valence-electron chi connectivity index (χ2n) is 5.71. The van der Waals surface area contributed by atoms with Gasteiger partial charge in [0.05, 0.1) is 23.8 Å². The van der Waals surface area contributed by atoms with E-state index in [9.17, 15) is 13.2 Å². The number of ether oxygens (including phenoxy) is 2. The summed E-state index contributed by atoms with van der Waals surface area (Å²) in [6.07, 6.45) is 3.03. The lowest BCUT2D eigenvalue weighted by molar-refractivity contribution is 0.297. The largest absolute Gasteiger partial charge is 0.490 e. The van der Waals surface area contributed by atoms with Crippen molar-refractivity contribution in [2.75, 3.05) is 17.9 Å². The van der Waals surface area contributed by atoms with Crippen molar-refractivity contribution >= 4 is 15.7 Å². The van der Waals surface area contributed by atoms with Crippen LogP contribution in [0.2, 0.25) is 0 Å². The number of nitrogens with zero attached hydrogens (tertiary/aromatic N) is 1. The molecule has 1 aliphatic heterocycles. The summed E-state index contributed by atoms with van der Waals surface area (Å²) in [5.41, 5.74) is 0.167. The Bertz CT molecular complexity index is 921. The van der Waals surface area contributed by atoms with Crippen molar-refractivity contribution < 1.29 is 17.9 Å². The van der Waals surface area contributed by atoms with E-state index in [1.165, 1.54) is 35.0 Å². The van der Waals surface area contributed by atoms with Crippen molar-refractivity contribution in [3.8, 4) is 11.5 Å². The van der Waals surface area contributed by atoms with Crippen LogP contribution in [-0.2, 0) is 16.6 Å². The minimum atomic E-state index is -3.80. The van der Waals surface area contributed by atoms with E-state index in [-0.39, 0.29) is 10.5 Å². The third-order valence-corrected chi connectivity index (χ3v) is 5.11. The zero-order valence-electron chi connectivity index (χ0n) is 13.9. The van der Waals surface area contributed by atoms with Crippen LogP contribution in [0.25, 0.3) is 0 Å². The number of pyridine rings is 1. The van der Waals surface area contributed by atoms with Crippen molar-refractivity contribution in [1.82, 2.24) is 4.57 Å². The summed E-state index contributed by atoms with van der Waals surface area (Å²) in [4.78, 5) is 11.8. The third-order valence-electron chi connectivity index (χ3n) is 3.73. The highest BCUT2D eigenvalue weighted by Gasteiger charge is 2.19. The Morgan fingerprint density at radius 3 is 2.64 bits per heavy atom. The first-order valence-corrected chi connectivity index (χ1v) is 9.61. The van der Waals surface area contributed by atoms with Crippen molar-refractivity contribution in [3.63, 3.8) is 0 Å². The van der Waals surface area contributed by atoms with E-state index >= 15 is 0 Å². The molecule has 0 unspecified atom stereocenters. The number of aryl methyl sites for hydroxylation is 1. The van der Waals surface area contributed by atoms with Gasteiger partial charge in [-0.2, -0.15) is 0 Å². The van der Waals surface area contributed by atoms with Crippen LogP contribution in [0.3, 0.4) is 0 Å². The number of hydrogen-bond acceptors (Lipinski definition) is 5. The molecule has 3 rings (SSSR count). The second-order valence-corrected chi connectivity index (χ2v) is 7.40. The molecule has 7 nitrogen and oxygen atoms in total. The molecule has 0 radical (unpaired) electrons. The SMILES string of the molecule is CCCn1cc(NS(=O)(=O)c2ccc3c(c2)OCCCO3)ccc1=O. The molecule has 1 aliphatic rings. The molecule has 8 heteroatoms. The van der Waals surface area contributed by atoms with Crippen LogP contribution in [0.1, 0.15) is 19.8 Å². The number of rotatable bonds is 5. The number of benzene rings is 1. The smallest absolute Gasteiger partial charge is 0.262 e. The summed E-state index contributed by atoms with van der Waals surface area (Å²) < 4.78 is 40.3. The lowest BCUT2D eigenvalue weighted by Gasteiger charge is -2.12. The highest BCUT2D eigenvalue weighted by atomic mass is 32.2. The van der Waals surface area contributed by atoms with Crippen LogP contribution in [-0.4, -0.2) is 26.2 Å². The van der Waals surface area contributed by atoms with Gasteiger partial charge in [0.2, 0.25) is 0 Å². The lowest BCUT2D eigenvalue weighted by Crippen LogP contribution is -2.20. The zero-order chi connectivity index (χ0) is 17.9. The van der Waals surface area contributed by atoms with E-state index in [0.29, 0.717) is 36.9 Å². The Morgan fingerprint density at radius 1 is 1.12 bits per heavy atom. The van der Waals surface area contributed by atoms with Gasteiger partial charge >= 0.3 is 0 Å². The predicted octanol–water partition coefficient (Wildman–Crippen LogP) is 2.22. The average Bonchev–Trinajstić information content (AvgIpc) is 2.82. The van der Waals surface area contributed by atoms with Gasteiger partial charge in [-0.05, 0) is 24.6 Å². The molecule has 1 aromatic carbocycles. The van der Waals surface area contributed by atoms with E-state index < -0.39 is 10.0 Å². The van der Waals surface area contributed by atoms with Gasteiger partial charge in [0, 0.05) is 31.3 Å². The molecule has 1 aromatic heterocycles. The standard InChI is InChI=1S/C17H20N2O5S/c1-2-8-19-12-13(4-7-17(19)20)18-25(21,22)14-5-6-15-16(11-14)24-10-3-9-23-15/h4-7,11-12,18H,2-3,8-10H2,1H3.